The number of hydrogen-bond donors (Lipinski definition) is 0. The maximum absolute atomic E-state index is 13.1. The fraction of sp³-hybridized carbons (Fsp3) is 0.389. The van der Waals surface area contributed by atoms with Crippen molar-refractivity contribution in [2.75, 3.05) is 7.11 Å². The Bertz CT molecular complexity index is 1060. The van der Waals surface area contributed by atoms with Gasteiger partial charge in [0.15, 0.2) is 21.5 Å². The molecule has 0 saturated heterocycles. The van der Waals surface area contributed by atoms with Gasteiger partial charge < -0.3 is 9.30 Å². The van der Waals surface area contributed by atoms with Crippen LogP contribution in [0, 0.1) is 0 Å². The van der Waals surface area contributed by atoms with E-state index >= 15 is 0 Å². The predicted octanol–water partition coefficient (Wildman–Crippen LogP) is 2.49. The second-order valence-corrected chi connectivity index (χ2v) is 9.12. The first-order chi connectivity index (χ1) is 13.9. The van der Waals surface area contributed by atoms with Crippen LogP contribution < -0.4 is 0 Å². The highest BCUT2D eigenvalue weighted by molar-refractivity contribution is 7.91. The van der Waals surface area contributed by atoms with Gasteiger partial charge in [-0.05, 0) is 26.0 Å². The van der Waals surface area contributed by atoms with Crippen molar-refractivity contribution in [1.29, 1.82) is 0 Å². The van der Waals surface area contributed by atoms with E-state index in [1.54, 1.807) is 29.8 Å². The Hall–Kier alpha value is -2.43. The molecule has 0 aliphatic carbocycles. The van der Waals surface area contributed by atoms with E-state index in [1.807, 2.05) is 13.0 Å². The van der Waals surface area contributed by atoms with Crippen molar-refractivity contribution in [3.63, 3.8) is 0 Å². The summed E-state index contributed by atoms with van der Waals surface area (Å²) in [6, 6.07) is 5.44. The third kappa shape index (κ3) is 4.60. The minimum Gasteiger partial charge on any atom is -0.372 e. The summed E-state index contributed by atoms with van der Waals surface area (Å²) < 4.78 is 33.3. The molecule has 2 atom stereocenters. The van der Waals surface area contributed by atoms with E-state index in [9.17, 15) is 8.42 Å². The maximum Gasteiger partial charge on any atom is 0.182 e. The summed E-state index contributed by atoms with van der Waals surface area (Å²) in [5.41, 5.74) is 0.628. The lowest BCUT2D eigenvalue weighted by molar-refractivity contribution is 0.0948. The van der Waals surface area contributed by atoms with Gasteiger partial charge in [-0.3, -0.25) is 4.98 Å². The number of halogens is 1. The quantitative estimate of drug-likeness (QED) is 0.529. The fourth-order valence-electron chi connectivity index (χ4n) is 2.93. The molecule has 11 heteroatoms. The van der Waals surface area contributed by atoms with Gasteiger partial charge in [-0.25, -0.2) is 18.4 Å². The molecule has 0 N–H and O–H groups in total. The van der Waals surface area contributed by atoms with Crippen LogP contribution in [0.5, 0.6) is 0 Å². The third-order valence-corrected chi connectivity index (χ3v) is 6.75. The van der Waals surface area contributed by atoms with Crippen molar-refractivity contribution >= 4 is 21.4 Å². The molecule has 0 spiro atoms. The Morgan fingerprint density at radius 1 is 1.17 bits per heavy atom. The summed E-state index contributed by atoms with van der Waals surface area (Å²) in [5, 5.41) is 7.70. The molecule has 3 heterocycles. The zero-order valence-electron chi connectivity index (χ0n) is 16.2. The van der Waals surface area contributed by atoms with E-state index in [2.05, 4.69) is 25.1 Å². The van der Waals surface area contributed by atoms with Crippen LogP contribution in [-0.4, -0.2) is 50.5 Å². The molecule has 0 saturated carbocycles. The van der Waals surface area contributed by atoms with Gasteiger partial charge >= 0.3 is 0 Å². The monoisotopic (exact) mass is 436 g/mol. The van der Waals surface area contributed by atoms with Crippen LogP contribution in [0.2, 0.25) is 5.02 Å². The van der Waals surface area contributed by atoms with Crippen molar-refractivity contribution < 1.29 is 13.2 Å². The summed E-state index contributed by atoms with van der Waals surface area (Å²) in [7, 11) is -2.25. The molecule has 0 bridgehead atoms. The topological polar surface area (TPSA) is 113 Å². The summed E-state index contributed by atoms with van der Waals surface area (Å²) in [6.45, 7) is 3.97. The molecule has 3 aromatic heterocycles. The Labute approximate surface area is 174 Å². The average Bonchev–Trinajstić information content (AvgIpc) is 3.12. The lowest BCUT2D eigenvalue weighted by atomic mass is 10.2. The molecular weight excluding hydrogens is 416 g/mol. The minimum atomic E-state index is -3.67. The highest BCUT2D eigenvalue weighted by Gasteiger charge is 2.34. The van der Waals surface area contributed by atoms with Crippen LogP contribution >= 0.6 is 11.6 Å². The number of ether oxygens (including phenoxy) is 1. The molecule has 0 fully saturated rings. The van der Waals surface area contributed by atoms with Crippen LogP contribution in [-0.2, 0) is 26.9 Å². The van der Waals surface area contributed by atoms with E-state index < -0.39 is 21.2 Å². The number of nitrogens with zero attached hydrogens (tertiary/aromatic N) is 6. The smallest absolute Gasteiger partial charge is 0.182 e. The van der Waals surface area contributed by atoms with Crippen molar-refractivity contribution in [3.05, 3.63) is 53.5 Å². The molecule has 0 aliphatic heterocycles. The van der Waals surface area contributed by atoms with Gasteiger partial charge in [-0.2, -0.15) is 0 Å². The molecule has 0 radical (unpaired) electrons. The number of sulfone groups is 1. The van der Waals surface area contributed by atoms with Crippen LogP contribution in [0.1, 0.15) is 31.6 Å². The van der Waals surface area contributed by atoms with E-state index in [4.69, 9.17) is 16.3 Å². The van der Waals surface area contributed by atoms with Gasteiger partial charge in [0, 0.05) is 32.2 Å². The normalized spacial score (nSPS) is 13.9. The first kappa shape index (κ1) is 21.3. The lowest BCUT2D eigenvalue weighted by Crippen LogP contribution is -2.30. The van der Waals surface area contributed by atoms with E-state index in [-0.39, 0.29) is 11.6 Å². The second-order valence-electron chi connectivity index (χ2n) is 6.33. The number of hydrogen-bond acceptors (Lipinski definition) is 8. The number of pyridine rings is 1. The van der Waals surface area contributed by atoms with Gasteiger partial charge in [0.25, 0.3) is 0 Å². The highest BCUT2D eigenvalue weighted by Crippen LogP contribution is 2.26. The summed E-state index contributed by atoms with van der Waals surface area (Å²) in [4.78, 5) is 12.5. The first-order valence-electron chi connectivity index (χ1n) is 8.92. The molecule has 154 valence electrons. The van der Waals surface area contributed by atoms with E-state index in [1.165, 1.54) is 19.5 Å². The molecular formula is C18H21ClN6O3S. The molecule has 0 unspecified atom stereocenters. The van der Waals surface area contributed by atoms with Crippen molar-refractivity contribution in [2.45, 2.75) is 37.5 Å². The van der Waals surface area contributed by atoms with Crippen molar-refractivity contribution in [2.24, 2.45) is 0 Å². The van der Waals surface area contributed by atoms with Crippen LogP contribution in [0.15, 0.2) is 36.8 Å². The van der Waals surface area contributed by atoms with Gasteiger partial charge in [0.1, 0.15) is 23.4 Å². The molecule has 9 nitrogen and oxygen atoms in total. The fourth-order valence-corrected chi connectivity index (χ4v) is 4.48. The molecule has 0 aliphatic rings. The van der Waals surface area contributed by atoms with Crippen LogP contribution in [0.3, 0.4) is 0 Å². The zero-order chi connectivity index (χ0) is 21.0. The van der Waals surface area contributed by atoms with E-state index in [0.29, 0.717) is 28.9 Å². The molecule has 29 heavy (non-hydrogen) atoms. The van der Waals surface area contributed by atoms with E-state index in [0.717, 1.165) is 0 Å². The minimum absolute atomic E-state index is 0.249. The number of aromatic nitrogens is 6. The van der Waals surface area contributed by atoms with Gasteiger partial charge in [-0.1, -0.05) is 17.7 Å². The summed E-state index contributed by atoms with van der Waals surface area (Å²) >= 11 is 5.82. The third-order valence-electron chi connectivity index (χ3n) is 4.51. The number of rotatable bonds is 8. The van der Waals surface area contributed by atoms with Crippen molar-refractivity contribution in [1.82, 2.24) is 29.7 Å². The zero-order valence-corrected chi connectivity index (χ0v) is 17.8. The van der Waals surface area contributed by atoms with Crippen LogP contribution in [0.25, 0.3) is 11.5 Å². The Morgan fingerprint density at radius 2 is 1.90 bits per heavy atom. The number of methoxy groups -OCH3 is 1. The first-order valence-corrected chi connectivity index (χ1v) is 11.0. The largest absolute Gasteiger partial charge is 0.372 e. The Balaban J connectivity index is 1.88. The van der Waals surface area contributed by atoms with Gasteiger partial charge in [-0.15, -0.1) is 10.2 Å². The maximum atomic E-state index is 13.1. The summed E-state index contributed by atoms with van der Waals surface area (Å²) in [5.74, 6) is 0.816. The second kappa shape index (κ2) is 8.93. The molecule has 0 amide bonds. The molecule has 0 aromatic carbocycles. The predicted molar refractivity (Wildman–Crippen MR) is 108 cm³/mol. The molecule has 3 rings (SSSR count). The molecule has 3 aromatic rings. The van der Waals surface area contributed by atoms with Gasteiger partial charge in [0.2, 0.25) is 0 Å². The van der Waals surface area contributed by atoms with Crippen molar-refractivity contribution in [3.8, 4) is 11.5 Å². The summed E-state index contributed by atoms with van der Waals surface area (Å²) in [6.07, 6.45) is 3.62. The van der Waals surface area contributed by atoms with Gasteiger partial charge in [0.05, 0.1) is 10.3 Å². The SMILES string of the molecule is CCn1c(CS(=O)(=O)[C@@H](C)[C@H](OC)c2ncc(Cl)cn2)nnc1-c1ccccn1. The highest BCUT2D eigenvalue weighted by atomic mass is 35.5. The Kier molecular flexibility index (Phi) is 6.56. The average molecular weight is 437 g/mol. The van der Waals surface area contributed by atoms with Crippen LogP contribution in [0.4, 0.5) is 0 Å². The lowest BCUT2D eigenvalue weighted by Gasteiger charge is -2.21. The standard InChI is InChI=1S/C18H21ClN6O3S/c1-4-25-15(23-24-18(25)14-7-5-6-8-20-14)11-29(26,27)12(2)16(28-3)17-21-9-13(19)10-22-17/h5-10,12,16H,4,11H2,1-3H3/t12-,16-/m0/s1. The Morgan fingerprint density at radius 3 is 2.48 bits per heavy atom.